The number of nitrogens with zero attached hydrogens (tertiary/aromatic N) is 2. The molecule has 0 bridgehead atoms. The second-order valence-electron chi connectivity index (χ2n) is 8.78. The third-order valence-electron chi connectivity index (χ3n) is 6.58. The standard InChI is InChI=1S/C27H27N3O4/c31-25(28-17-23(24-10-7-15-34-24)29-13-5-2-6-14-29)20-11-12-21-22(16-20)27(33)30(26(21)32)18-19-8-3-1-4-9-19/h1,3-4,7-12,15-16,23H,2,5-6,13-14,17-18H2,(H,28,31). The Morgan fingerprint density at radius 2 is 1.68 bits per heavy atom. The number of hydrogen-bond donors (Lipinski definition) is 1. The lowest BCUT2D eigenvalue weighted by molar-refractivity contribution is 0.0642. The molecule has 2 aliphatic rings. The summed E-state index contributed by atoms with van der Waals surface area (Å²) in [4.78, 5) is 42.3. The molecule has 3 heterocycles. The molecule has 0 aliphatic carbocycles. The zero-order valence-electron chi connectivity index (χ0n) is 18.9. The summed E-state index contributed by atoms with van der Waals surface area (Å²) in [5.41, 5.74) is 1.83. The summed E-state index contributed by atoms with van der Waals surface area (Å²) in [6.45, 7) is 2.54. The van der Waals surface area contributed by atoms with Crippen LogP contribution in [0.1, 0.15) is 67.7 Å². The number of fused-ring (bicyclic) bond motifs is 1. The fraction of sp³-hybridized carbons (Fsp3) is 0.296. The summed E-state index contributed by atoms with van der Waals surface area (Å²) < 4.78 is 5.65. The molecule has 3 amide bonds. The quantitative estimate of drug-likeness (QED) is 0.542. The average Bonchev–Trinajstić information content (AvgIpc) is 3.49. The van der Waals surface area contributed by atoms with Gasteiger partial charge >= 0.3 is 0 Å². The highest BCUT2D eigenvalue weighted by molar-refractivity contribution is 6.22. The van der Waals surface area contributed by atoms with Gasteiger partial charge in [0.15, 0.2) is 0 Å². The second-order valence-corrected chi connectivity index (χ2v) is 8.78. The Morgan fingerprint density at radius 1 is 0.912 bits per heavy atom. The highest BCUT2D eigenvalue weighted by Crippen LogP contribution is 2.27. The van der Waals surface area contributed by atoms with Gasteiger partial charge < -0.3 is 9.73 Å². The summed E-state index contributed by atoms with van der Waals surface area (Å²) >= 11 is 0. The monoisotopic (exact) mass is 457 g/mol. The summed E-state index contributed by atoms with van der Waals surface area (Å²) in [6.07, 6.45) is 5.13. The molecule has 7 nitrogen and oxygen atoms in total. The van der Waals surface area contributed by atoms with Crippen LogP contribution in [-0.2, 0) is 6.54 Å². The van der Waals surface area contributed by atoms with Gasteiger partial charge in [0.25, 0.3) is 17.7 Å². The molecule has 2 aliphatic heterocycles. The fourth-order valence-corrected chi connectivity index (χ4v) is 4.75. The van der Waals surface area contributed by atoms with Crippen molar-refractivity contribution < 1.29 is 18.8 Å². The number of furan rings is 1. The molecule has 1 N–H and O–H groups in total. The molecule has 1 aromatic heterocycles. The molecule has 1 fully saturated rings. The Hall–Kier alpha value is -3.71. The van der Waals surface area contributed by atoms with E-state index in [1.54, 1.807) is 18.4 Å². The molecule has 0 saturated carbocycles. The molecule has 0 radical (unpaired) electrons. The number of carbonyl (C=O) groups is 3. The number of piperidine rings is 1. The van der Waals surface area contributed by atoms with Gasteiger partial charge in [0.1, 0.15) is 5.76 Å². The van der Waals surface area contributed by atoms with Gasteiger partial charge in [-0.2, -0.15) is 0 Å². The number of carbonyl (C=O) groups excluding carboxylic acids is 3. The number of rotatable bonds is 7. The minimum Gasteiger partial charge on any atom is -0.468 e. The van der Waals surface area contributed by atoms with Crippen LogP contribution in [0.4, 0.5) is 0 Å². The van der Waals surface area contributed by atoms with Crippen LogP contribution in [0, 0.1) is 0 Å². The smallest absolute Gasteiger partial charge is 0.261 e. The van der Waals surface area contributed by atoms with E-state index in [9.17, 15) is 14.4 Å². The normalized spacial score (nSPS) is 17.0. The number of benzene rings is 2. The minimum absolute atomic E-state index is 0.0433. The Labute approximate surface area is 198 Å². The van der Waals surface area contributed by atoms with Gasteiger partial charge in [0, 0.05) is 12.1 Å². The van der Waals surface area contributed by atoms with Crippen LogP contribution in [0.3, 0.4) is 0 Å². The fourth-order valence-electron chi connectivity index (χ4n) is 4.75. The maximum absolute atomic E-state index is 13.0. The van der Waals surface area contributed by atoms with E-state index in [-0.39, 0.29) is 35.9 Å². The Kier molecular flexibility index (Phi) is 6.27. The van der Waals surface area contributed by atoms with Crippen LogP contribution in [-0.4, -0.2) is 47.2 Å². The SMILES string of the molecule is O=C(NCC(c1ccco1)N1CCCCC1)c1ccc2c(c1)C(=O)N(Cc1ccccc1)C2=O. The van der Waals surface area contributed by atoms with Crippen LogP contribution in [0.5, 0.6) is 0 Å². The minimum atomic E-state index is -0.375. The molecular formula is C27H27N3O4. The molecule has 1 atom stereocenters. The van der Waals surface area contributed by atoms with Gasteiger partial charge in [-0.1, -0.05) is 36.8 Å². The molecule has 0 spiro atoms. The molecule has 7 heteroatoms. The average molecular weight is 458 g/mol. The lowest BCUT2D eigenvalue weighted by Crippen LogP contribution is -2.40. The molecule has 5 rings (SSSR count). The predicted octanol–water partition coefficient (Wildman–Crippen LogP) is 4.03. The Balaban J connectivity index is 1.29. The van der Waals surface area contributed by atoms with E-state index in [1.807, 2.05) is 42.5 Å². The van der Waals surface area contributed by atoms with Crippen molar-refractivity contribution in [1.29, 1.82) is 0 Å². The molecular weight excluding hydrogens is 430 g/mol. The van der Waals surface area contributed by atoms with Gasteiger partial charge in [0.2, 0.25) is 0 Å². The molecule has 34 heavy (non-hydrogen) atoms. The van der Waals surface area contributed by atoms with Crippen LogP contribution in [0.15, 0.2) is 71.3 Å². The first-order chi connectivity index (χ1) is 16.6. The zero-order chi connectivity index (χ0) is 23.5. The van der Waals surface area contributed by atoms with Crippen molar-refractivity contribution in [1.82, 2.24) is 15.1 Å². The van der Waals surface area contributed by atoms with E-state index in [2.05, 4.69) is 10.2 Å². The highest BCUT2D eigenvalue weighted by Gasteiger charge is 2.36. The largest absolute Gasteiger partial charge is 0.468 e. The predicted molar refractivity (Wildman–Crippen MR) is 126 cm³/mol. The third-order valence-corrected chi connectivity index (χ3v) is 6.58. The summed E-state index contributed by atoms with van der Waals surface area (Å²) in [5.74, 6) is -0.161. The molecule has 3 aromatic rings. The van der Waals surface area contributed by atoms with Gasteiger partial charge in [-0.05, 0) is 61.8 Å². The first kappa shape index (κ1) is 22.1. The van der Waals surface area contributed by atoms with Crippen molar-refractivity contribution in [3.05, 3.63) is 94.9 Å². The topological polar surface area (TPSA) is 82.9 Å². The van der Waals surface area contributed by atoms with Gasteiger partial charge in [0.05, 0.1) is 30.0 Å². The van der Waals surface area contributed by atoms with E-state index >= 15 is 0 Å². The third kappa shape index (κ3) is 4.39. The van der Waals surface area contributed by atoms with Crippen molar-refractivity contribution in [3.63, 3.8) is 0 Å². The van der Waals surface area contributed by atoms with Crippen LogP contribution >= 0.6 is 0 Å². The Morgan fingerprint density at radius 3 is 2.41 bits per heavy atom. The lowest BCUT2D eigenvalue weighted by atomic mass is 10.0. The van der Waals surface area contributed by atoms with Crippen molar-refractivity contribution >= 4 is 17.7 Å². The van der Waals surface area contributed by atoms with E-state index in [0.29, 0.717) is 17.7 Å². The molecule has 174 valence electrons. The summed E-state index contributed by atoms with van der Waals surface area (Å²) in [7, 11) is 0. The van der Waals surface area contributed by atoms with E-state index in [0.717, 1.165) is 37.3 Å². The number of hydrogen-bond acceptors (Lipinski definition) is 5. The van der Waals surface area contributed by atoms with Crippen molar-refractivity contribution in [2.24, 2.45) is 0 Å². The van der Waals surface area contributed by atoms with Crippen molar-refractivity contribution in [2.75, 3.05) is 19.6 Å². The first-order valence-electron chi connectivity index (χ1n) is 11.7. The van der Waals surface area contributed by atoms with Crippen LogP contribution < -0.4 is 5.32 Å². The number of amides is 3. The van der Waals surface area contributed by atoms with E-state index in [1.165, 1.54) is 17.4 Å². The molecule has 1 saturated heterocycles. The maximum Gasteiger partial charge on any atom is 0.261 e. The highest BCUT2D eigenvalue weighted by atomic mass is 16.3. The molecule has 1 unspecified atom stereocenters. The lowest BCUT2D eigenvalue weighted by Gasteiger charge is -2.33. The van der Waals surface area contributed by atoms with Gasteiger partial charge in [-0.25, -0.2) is 0 Å². The number of likely N-dealkylation sites (tertiary alicyclic amines) is 1. The summed E-state index contributed by atoms with van der Waals surface area (Å²) in [6, 6.07) is 17.8. The van der Waals surface area contributed by atoms with Crippen LogP contribution in [0.25, 0.3) is 0 Å². The van der Waals surface area contributed by atoms with Crippen molar-refractivity contribution in [2.45, 2.75) is 31.8 Å². The number of imide groups is 1. The second kappa shape index (κ2) is 9.65. The first-order valence-corrected chi connectivity index (χ1v) is 11.7. The van der Waals surface area contributed by atoms with E-state index < -0.39 is 0 Å². The Bertz CT molecular complexity index is 1180. The molecule has 2 aromatic carbocycles. The van der Waals surface area contributed by atoms with Crippen molar-refractivity contribution in [3.8, 4) is 0 Å². The van der Waals surface area contributed by atoms with Gasteiger partial charge in [-0.15, -0.1) is 0 Å². The zero-order valence-corrected chi connectivity index (χ0v) is 18.9. The van der Waals surface area contributed by atoms with E-state index in [4.69, 9.17) is 4.42 Å². The maximum atomic E-state index is 13.0. The van der Waals surface area contributed by atoms with Gasteiger partial charge in [-0.3, -0.25) is 24.2 Å². The summed E-state index contributed by atoms with van der Waals surface area (Å²) in [5, 5.41) is 3.00. The van der Waals surface area contributed by atoms with Crippen LogP contribution in [0.2, 0.25) is 0 Å². The number of nitrogens with one attached hydrogen (secondary N) is 1.